The molecule has 94 valence electrons. The van der Waals surface area contributed by atoms with Crippen molar-refractivity contribution in [3.8, 4) is 0 Å². The maximum atomic E-state index is 2.68. The molecule has 2 saturated heterocycles. The molecule has 1 spiro atoms. The van der Waals surface area contributed by atoms with E-state index in [1.54, 1.807) is 0 Å². The summed E-state index contributed by atoms with van der Waals surface area (Å²) >= 11 is 0. The van der Waals surface area contributed by atoms with Crippen molar-refractivity contribution < 1.29 is 0 Å². The predicted molar refractivity (Wildman–Crippen MR) is 69.7 cm³/mol. The average Bonchev–Trinajstić information content (AvgIpc) is 2.73. The summed E-state index contributed by atoms with van der Waals surface area (Å²) in [5, 5.41) is 0. The van der Waals surface area contributed by atoms with Crippen molar-refractivity contribution in [3.05, 3.63) is 0 Å². The van der Waals surface area contributed by atoms with Gasteiger partial charge in [0.1, 0.15) is 0 Å². The molecule has 0 amide bonds. The van der Waals surface area contributed by atoms with Crippen molar-refractivity contribution in [2.24, 2.45) is 5.41 Å². The van der Waals surface area contributed by atoms with Crippen molar-refractivity contribution in [2.75, 3.05) is 26.2 Å². The molecule has 2 rings (SSSR count). The third-order valence-electron chi connectivity index (χ3n) is 4.59. The van der Waals surface area contributed by atoms with Crippen molar-refractivity contribution in [2.45, 2.75) is 59.0 Å². The van der Waals surface area contributed by atoms with Gasteiger partial charge in [-0.25, -0.2) is 0 Å². The van der Waals surface area contributed by atoms with Crippen LogP contribution in [0.15, 0.2) is 0 Å². The summed E-state index contributed by atoms with van der Waals surface area (Å²) < 4.78 is 0. The van der Waals surface area contributed by atoms with Gasteiger partial charge in [0, 0.05) is 24.7 Å². The minimum absolute atomic E-state index is 0.356. The molecule has 1 unspecified atom stereocenters. The van der Waals surface area contributed by atoms with Crippen LogP contribution in [0, 0.1) is 5.41 Å². The van der Waals surface area contributed by atoms with E-state index in [2.05, 4.69) is 44.4 Å². The van der Waals surface area contributed by atoms with Crippen molar-refractivity contribution in [1.82, 2.24) is 9.80 Å². The molecule has 0 radical (unpaired) electrons. The van der Waals surface area contributed by atoms with Gasteiger partial charge < -0.3 is 4.90 Å². The molecule has 2 fully saturated rings. The van der Waals surface area contributed by atoms with Gasteiger partial charge >= 0.3 is 0 Å². The number of likely N-dealkylation sites (tertiary alicyclic amines) is 2. The Balaban J connectivity index is 1.98. The van der Waals surface area contributed by atoms with E-state index in [0.717, 1.165) is 6.04 Å². The van der Waals surface area contributed by atoms with Crippen LogP contribution in [0.3, 0.4) is 0 Å². The quantitative estimate of drug-likeness (QED) is 0.675. The van der Waals surface area contributed by atoms with Crippen LogP contribution in [0.25, 0.3) is 0 Å². The van der Waals surface area contributed by atoms with E-state index in [1.807, 2.05) is 0 Å². The van der Waals surface area contributed by atoms with Gasteiger partial charge in [0.05, 0.1) is 0 Å². The second kappa shape index (κ2) is 3.99. The molecule has 2 aliphatic rings. The monoisotopic (exact) mass is 224 g/mol. The Morgan fingerprint density at radius 3 is 2.06 bits per heavy atom. The van der Waals surface area contributed by atoms with Crippen LogP contribution in [0.5, 0.6) is 0 Å². The molecule has 0 aromatic rings. The normalized spacial score (nSPS) is 33.4. The lowest BCUT2D eigenvalue weighted by Gasteiger charge is -2.34. The van der Waals surface area contributed by atoms with Gasteiger partial charge in [0.15, 0.2) is 0 Å². The lowest BCUT2D eigenvalue weighted by molar-refractivity contribution is 0.145. The minimum atomic E-state index is 0.356. The molecule has 0 N–H and O–H groups in total. The Kier molecular flexibility index (Phi) is 3.09. The first-order chi connectivity index (χ1) is 7.32. The van der Waals surface area contributed by atoms with Gasteiger partial charge in [-0.15, -0.1) is 0 Å². The molecule has 0 aliphatic carbocycles. The van der Waals surface area contributed by atoms with Crippen LogP contribution < -0.4 is 0 Å². The van der Waals surface area contributed by atoms with E-state index in [0.29, 0.717) is 11.0 Å². The Labute approximate surface area is 101 Å². The van der Waals surface area contributed by atoms with E-state index in [1.165, 1.54) is 39.0 Å². The van der Waals surface area contributed by atoms with Gasteiger partial charge in [-0.05, 0) is 66.0 Å². The Bertz CT molecular complexity index is 254. The van der Waals surface area contributed by atoms with Crippen molar-refractivity contribution >= 4 is 0 Å². The smallest absolute Gasteiger partial charge is 0.0125 e. The molecule has 0 bridgehead atoms. The first-order valence-corrected chi connectivity index (χ1v) is 6.82. The fourth-order valence-corrected chi connectivity index (χ4v) is 3.25. The summed E-state index contributed by atoms with van der Waals surface area (Å²) in [4.78, 5) is 5.34. The SMILES string of the molecule is CC(C)N1CCC2(CCN(C(C)(C)C)C2)C1. The first-order valence-electron chi connectivity index (χ1n) is 6.82. The average molecular weight is 224 g/mol. The molecule has 2 heterocycles. The highest BCUT2D eigenvalue weighted by Gasteiger charge is 2.45. The van der Waals surface area contributed by atoms with Crippen LogP contribution >= 0.6 is 0 Å². The largest absolute Gasteiger partial charge is 0.300 e. The highest BCUT2D eigenvalue weighted by atomic mass is 15.3. The fourth-order valence-electron chi connectivity index (χ4n) is 3.25. The van der Waals surface area contributed by atoms with E-state index < -0.39 is 0 Å². The summed E-state index contributed by atoms with van der Waals surface area (Å²) in [5.41, 5.74) is 0.978. The molecule has 16 heavy (non-hydrogen) atoms. The van der Waals surface area contributed by atoms with Crippen molar-refractivity contribution in [1.29, 1.82) is 0 Å². The zero-order valence-corrected chi connectivity index (χ0v) is 11.7. The molecular formula is C14H28N2. The summed E-state index contributed by atoms with van der Waals surface area (Å²) in [5.74, 6) is 0. The minimum Gasteiger partial charge on any atom is -0.300 e. The summed E-state index contributed by atoms with van der Waals surface area (Å²) in [6.45, 7) is 17.0. The van der Waals surface area contributed by atoms with Gasteiger partial charge in [-0.1, -0.05) is 0 Å². The number of rotatable bonds is 1. The number of hydrogen-bond acceptors (Lipinski definition) is 2. The molecule has 0 saturated carbocycles. The van der Waals surface area contributed by atoms with Crippen LogP contribution in [0.2, 0.25) is 0 Å². The third kappa shape index (κ3) is 2.28. The van der Waals surface area contributed by atoms with E-state index in [9.17, 15) is 0 Å². The molecule has 1 atom stereocenters. The second-order valence-electron chi connectivity index (χ2n) is 7.16. The van der Waals surface area contributed by atoms with Gasteiger partial charge in [-0.3, -0.25) is 4.90 Å². The third-order valence-corrected chi connectivity index (χ3v) is 4.59. The highest BCUT2D eigenvalue weighted by molar-refractivity contribution is 5.00. The fraction of sp³-hybridized carbons (Fsp3) is 1.00. The van der Waals surface area contributed by atoms with Gasteiger partial charge in [0.2, 0.25) is 0 Å². The zero-order valence-electron chi connectivity index (χ0n) is 11.7. The van der Waals surface area contributed by atoms with E-state index >= 15 is 0 Å². The lowest BCUT2D eigenvalue weighted by atomic mass is 9.86. The molecular weight excluding hydrogens is 196 g/mol. The van der Waals surface area contributed by atoms with Crippen LogP contribution in [0.4, 0.5) is 0 Å². The second-order valence-corrected chi connectivity index (χ2v) is 7.16. The Hall–Kier alpha value is -0.0800. The molecule has 2 heteroatoms. The highest BCUT2D eigenvalue weighted by Crippen LogP contribution is 2.42. The van der Waals surface area contributed by atoms with Gasteiger partial charge in [0.25, 0.3) is 0 Å². The molecule has 0 aromatic heterocycles. The van der Waals surface area contributed by atoms with Gasteiger partial charge in [-0.2, -0.15) is 0 Å². The summed E-state index contributed by atoms with van der Waals surface area (Å²) in [6, 6.07) is 0.725. The predicted octanol–water partition coefficient (Wildman–Crippen LogP) is 2.59. The van der Waals surface area contributed by atoms with E-state index in [4.69, 9.17) is 0 Å². The van der Waals surface area contributed by atoms with Crippen LogP contribution in [-0.4, -0.2) is 47.6 Å². The maximum Gasteiger partial charge on any atom is 0.0125 e. The van der Waals surface area contributed by atoms with Crippen LogP contribution in [0.1, 0.15) is 47.5 Å². The van der Waals surface area contributed by atoms with Crippen LogP contribution in [-0.2, 0) is 0 Å². The maximum absolute atomic E-state index is 2.68. The Morgan fingerprint density at radius 2 is 1.62 bits per heavy atom. The summed E-state index contributed by atoms with van der Waals surface area (Å²) in [6.07, 6.45) is 2.82. The lowest BCUT2D eigenvalue weighted by Crippen LogP contribution is -2.41. The Morgan fingerprint density at radius 1 is 1.00 bits per heavy atom. The number of nitrogens with zero attached hydrogens (tertiary/aromatic N) is 2. The molecule has 2 aliphatic heterocycles. The zero-order chi connectivity index (χ0) is 12.0. The standard InChI is InChI=1S/C14H28N2/c1-12(2)15-8-6-14(10-15)7-9-16(11-14)13(3,4)5/h12H,6-11H2,1-5H3. The first kappa shape index (κ1) is 12.4. The van der Waals surface area contributed by atoms with E-state index in [-0.39, 0.29) is 0 Å². The van der Waals surface area contributed by atoms with Crippen molar-refractivity contribution in [3.63, 3.8) is 0 Å². The topological polar surface area (TPSA) is 6.48 Å². The summed E-state index contributed by atoms with van der Waals surface area (Å²) in [7, 11) is 0. The molecule has 0 aromatic carbocycles. The number of hydrogen-bond donors (Lipinski definition) is 0. The molecule has 2 nitrogen and oxygen atoms in total.